The second kappa shape index (κ2) is 7.01. The molecule has 1 unspecified atom stereocenters. The number of anilines is 1. The number of amides is 1. The molecule has 0 radical (unpaired) electrons. The molecular formula is C18H24F3N5O. The lowest BCUT2D eigenvalue weighted by Crippen LogP contribution is -2.34. The lowest BCUT2D eigenvalue weighted by Gasteiger charge is -2.26. The monoisotopic (exact) mass is 383 g/mol. The molecule has 1 fully saturated rings. The zero-order valence-electron chi connectivity index (χ0n) is 15.8. The molecule has 0 spiro atoms. The van der Waals surface area contributed by atoms with E-state index in [4.69, 9.17) is 0 Å². The fourth-order valence-electron chi connectivity index (χ4n) is 3.49. The Labute approximate surface area is 155 Å². The highest BCUT2D eigenvalue weighted by Gasteiger charge is 2.38. The normalized spacial score (nSPS) is 18.1. The number of likely N-dealkylation sites (tertiary alicyclic amines) is 1. The van der Waals surface area contributed by atoms with Gasteiger partial charge in [0.25, 0.3) is 0 Å². The number of aromatic nitrogens is 3. The lowest BCUT2D eigenvalue weighted by atomic mass is 10.0. The van der Waals surface area contributed by atoms with Crippen molar-refractivity contribution in [3.8, 4) is 0 Å². The third kappa shape index (κ3) is 3.72. The standard InChI is InChI=1S/C18H24F3N5O/c1-9(2)17(27)26-7-5-6-13(26)12-8-11(18(19,20)21)14-15(22-10(3)4)24-25-16(14)23-12/h8-10,13H,5-7H2,1-4H3,(H2,22,23,24,25). The van der Waals surface area contributed by atoms with Crippen LogP contribution in [0.5, 0.6) is 0 Å². The number of halogens is 3. The van der Waals surface area contributed by atoms with Crippen LogP contribution in [0.15, 0.2) is 6.07 Å². The molecule has 1 aliphatic rings. The van der Waals surface area contributed by atoms with E-state index >= 15 is 0 Å². The Morgan fingerprint density at radius 2 is 2.04 bits per heavy atom. The first-order valence-corrected chi connectivity index (χ1v) is 9.12. The van der Waals surface area contributed by atoms with Gasteiger partial charge in [-0.25, -0.2) is 4.98 Å². The summed E-state index contributed by atoms with van der Waals surface area (Å²) in [6.45, 7) is 7.75. The van der Waals surface area contributed by atoms with Crippen LogP contribution in [0.25, 0.3) is 11.0 Å². The van der Waals surface area contributed by atoms with Crippen molar-refractivity contribution in [1.82, 2.24) is 20.1 Å². The predicted molar refractivity (Wildman–Crippen MR) is 96.2 cm³/mol. The predicted octanol–water partition coefficient (Wildman–Crippen LogP) is 4.12. The summed E-state index contributed by atoms with van der Waals surface area (Å²) in [6, 6.07) is 0.543. The van der Waals surface area contributed by atoms with Crippen LogP contribution in [0.1, 0.15) is 57.8 Å². The van der Waals surface area contributed by atoms with Crippen LogP contribution < -0.4 is 5.32 Å². The Morgan fingerprint density at radius 1 is 1.33 bits per heavy atom. The van der Waals surface area contributed by atoms with Gasteiger partial charge in [-0.2, -0.15) is 18.3 Å². The van der Waals surface area contributed by atoms with Gasteiger partial charge in [-0.15, -0.1) is 0 Å². The third-order valence-corrected chi connectivity index (χ3v) is 4.65. The molecule has 1 atom stereocenters. The van der Waals surface area contributed by atoms with Gasteiger partial charge in [-0.1, -0.05) is 13.8 Å². The van der Waals surface area contributed by atoms with Gasteiger partial charge in [0.1, 0.15) is 0 Å². The van der Waals surface area contributed by atoms with Crippen molar-refractivity contribution < 1.29 is 18.0 Å². The van der Waals surface area contributed by atoms with Gasteiger partial charge in [0.2, 0.25) is 5.91 Å². The molecule has 27 heavy (non-hydrogen) atoms. The minimum atomic E-state index is -4.56. The van der Waals surface area contributed by atoms with Crippen LogP contribution >= 0.6 is 0 Å². The fourth-order valence-corrected chi connectivity index (χ4v) is 3.49. The molecule has 148 valence electrons. The number of alkyl halides is 3. The highest BCUT2D eigenvalue weighted by molar-refractivity contribution is 5.91. The summed E-state index contributed by atoms with van der Waals surface area (Å²) in [7, 11) is 0. The topological polar surface area (TPSA) is 73.9 Å². The Bertz CT molecular complexity index is 843. The quantitative estimate of drug-likeness (QED) is 0.833. The summed E-state index contributed by atoms with van der Waals surface area (Å²) in [5, 5.41) is 9.44. The average molecular weight is 383 g/mol. The molecule has 9 heteroatoms. The van der Waals surface area contributed by atoms with Gasteiger partial charge in [0.15, 0.2) is 11.5 Å². The minimum Gasteiger partial charge on any atom is -0.366 e. The number of nitrogens with one attached hydrogen (secondary N) is 2. The second-order valence-electron chi connectivity index (χ2n) is 7.53. The molecule has 6 nitrogen and oxygen atoms in total. The van der Waals surface area contributed by atoms with Crippen molar-refractivity contribution in [2.75, 3.05) is 11.9 Å². The van der Waals surface area contributed by atoms with E-state index in [1.807, 2.05) is 13.8 Å². The summed E-state index contributed by atoms with van der Waals surface area (Å²) in [5.74, 6) is -0.155. The number of fused-ring (bicyclic) bond motifs is 1. The molecule has 1 aliphatic heterocycles. The number of pyridine rings is 1. The fraction of sp³-hybridized carbons (Fsp3) is 0.611. The van der Waals surface area contributed by atoms with Gasteiger partial charge >= 0.3 is 6.18 Å². The Morgan fingerprint density at radius 3 is 2.63 bits per heavy atom. The van der Waals surface area contributed by atoms with Crippen LogP contribution in [0, 0.1) is 5.92 Å². The molecule has 3 heterocycles. The number of aromatic amines is 1. The van der Waals surface area contributed by atoms with Crippen LogP contribution in [0.3, 0.4) is 0 Å². The minimum absolute atomic E-state index is 0.0697. The van der Waals surface area contributed by atoms with E-state index in [-0.39, 0.29) is 40.4 Å². The maximum absolute atomic E-state index is 13.8. The Hall–Kier alpha value is -2.32. The van der Waals surface area contributed by atoms with Crippen LogP contribution in [-0.2, 0) is 11.0 Å². The molecule has 0 saturated carbocycles. The van der Waals surface area contributed by atoms with Crippen LogP contribution in [0.2, 0.25) is 0 Å². The average Bonchev–Trinajstić information content (AvgIpc) is 3.19. The maximum Gasteiger partial charge on any atom is 0.417 e. The summed E-state index contributed by atoms with van der Waals surface area (Å²) < 4.78 is 41.4. The first-order chi connectivity index (χ1) is 12.6. The molecule has 0 aliphatic carbocycles. The van der Waals surface area contributed by atoms with E-state index in [1.54, 1.807) is 18.7 Å². The van der Waals surface area contributed by atoms with Crippen molar-refractivity contribution in [2.45, 2.75) is 58.8 Å². The first-order valence-electron chi connectivity index (χ1n) is 9.12. The highest BCUT2D eigenvalue weighted by atomic mass is 19.4. The van der Waals surface area contributed by atoms with E-state index in [1.165, 1.54) is 0 Å². The summed E-state index contributed by atoms with van der Waals surface area (Å²) in [4.78, 5) is 18.5. The summed E-state index contributed by atoms with van der Waals surface area (Å²) in [5.41, 5.74) is -0.462. The van der Waals surface area contributed by atoms with E-state index < -0.39 is 17.8 Å². The largest absolute Gasteiger partial charge is 0.417 e. The molecule has 1 amide bonds. The van der Waals surface area contributed by atoms with Gasteiger partial charge in [-0.05, 0) is 32.8 Å². The van der Waals surface area contributed by atoms with Crippen molar-refractivity contribution in [3.05, 3.63) is 17.3 Å². The van der Waals surface area contributed by atoms with Crippen LogP contribution in [-0.4, -0.2) is 38.6 Å². The van der Waals surface area contributed by atoms with Crippen molar-refractivity contribution in [2.24, 2.45) is 5.92 Å². The van der Waals surface area contributed by atoms with Crippen molar-refractivity contribution in [3.63, 3.8) is 0 Å². The second-order valence-corrected chi connectivity index (χ2v) is 7.53. The number of hydrogen-bond acceptors (Lipinski definition) is 4. The molecule has 3 rings (SSSR count). The maximum atomic E-state index is 13.8. The number of H-pyrrole nitrogens is 1. The van der Waals surface area contributed by atoms with Crippen molar-refractivity contribution in [1.29, 1.82) is 0 Å². The number of hydrogen-bond donors (Lipinski definition) is 2. The van der Waals surface area contributed by atoms with E-state index in [0.29, 0.717) is 13.0 Å². The molecule has 2 aromatic heterocycles. The first kappa shape index (κ1) is 19.4. The number of rotatable bonds is 4. The number of carbonyl (C=O) groups is 1. The highest BCUT2D eigenvalue weighted by Crippen LogP contribution is 2.40. The third-order valence-electron chi connectivity index (χ3n) is 4.65. The molecule has 2 aromatic rings. The zero-order valence-corrected chi connectivity index (χ0v) is 15.8. The van der Waals surface area contributed by atoms with Crippen molar-refractivity contribution >= 4 is 22.8 Å². The number of nitrogens with zero attached hydrogens (tertiary/aromatic N) is 3. The smallest absolute Gasteiger partial charge is 0.366 e. The lowest BCUT2D eigenvalue weighted by molar-refractivity contribution is -0.136. The Kier molecular flexibility index (Phi) is 5.05. The Balaban J connectivity index is 2.11. The van der Waals surface area contributed by atoms with Gasteiger partial charge in [-0.3, -0.25) is 9.89 Å². The van der Waals surface area contributed by atoms with E-state index in [2.05, 4.69) is 20.5 Å². The molecule has 2 N–H and O–H groups in total. The van der Waals surface area contributed by atoms with Gasteiger partial charge in [0, 0.05) is 18.5 Å². The molecular weight excluding hydrogens is 359 g/mol. The zero-order chi connectivity index (χ0) is 19.9. The van der Waals surface area contributed by atoms with E-state index in [9.17, 15) is 18.0 Å². The van der Waals surface area contributed by atoms with E-state index in [0.717, 1.165) is 12.5 Å². The SMILES string of the molecule is CC(C)Nc1n[nH]c2nc(C3CCCN3C(=O)C(C)C)cc(C(F)(F)F)c12. The summed E-state index contributed by atoms with van der Waals surface area (Å²) >= 11 is 0. The summed E-state index contributed by atoms with van der Waals surface area (Å²) in [6.07, 6.45) is -3.22. The molecule has 1 saturated heterocycles. The van der Waals surface area contributed by atoms with Gasteiger partial charge < -0.3 is 10.2 Å². The van der Waals surface area contributed by atoms with Gasteiger partial charge in [0.05, 0.1) is 22.7 Å². The molecule has 0 aromatic carbocycles. The molecule has 0 bridgehead atoms. The van der Waals surface area contributed by atoms with Crippen LogP contribution in [0.4, 0.5) is 19.0 Å². The number of carbonyl (C=O) groups excluding carboxylic acids is 1.